The van der Waals surface area contributed by atoms with Crippen LogP contribution in [0.5, 0.6) is 0 Å². The van der Waals surface area contributed by atoms with Gasteiger partial charge in [0.05, 0.1) is 6.20 Å². The Labute approximate surface area is 206 Å². The van der Waals surface area contributed by atoms with Crippen molar-refractivity contribution in [1.82, 2.24) is 14.8 Å². The highest BCUT2D eigenvalue weighted by molar-refractivity contribution is 6.05. The predicted octanol–water partition coefficient (Wildman–Crippen LogP) is 5.30. The normalized spacial score (nSPS) is 20.6. The van der Waals surface area contributed by atoms with Gasteiger partial charge in [0.1, 0.15) is 28.9 Å². The summed E-state index contributed by atoms with van der Waals surface area (Å²) in [4.78, 5) is 23.3. The van der Waals surface area contributed by atoms with Crippen molar-refractivity contribution in [1.29, 1.82) is 0 Å². The number of rotatable bonds is 5. The van der Waals surface area contributed by atoms with E-state index in [9.17, 15) is 27.5 Å². The fraction of sp³-hybridized carbons (Fsp3) is 0.400. The van der Waals surface area contributed by atoms with Crippen LogP contribution < -0.4 is 5.32 Å². The number of halogens is 4. The molecule has 1 aromatic heterocycles. The van der Waals surface area contributed by atoms with Crippen LogP contribution in [0.1, 0.15) is 44.0 Å². The number of alkyl halides is 3. The molecule has 192 valence electrons. The largest absolute Gasteiger partial charge is 0.478 e. The van der Waals surface area contributed by atoms with E-state index in [1.165, 1.54) is 11.0 Å². The molecule has 1 unspecified atom stereocenters. The summed E-state index contributed by atoms with van der Waals surface area (Å²) in [5, 5.41) is 11.6. The van der Waals surface area contributed by atoms with Crippen LogP contribution >= 0.6 is 0 Å². The van der Waals surface area contributed by atoms with E-state index in [-0.39, 0.29) is 16.8 Å². The molecule has 1 saturated heterocycles. The first-order chi connectivity index (χ1) is 16.7. The lowest BCUT2D eigenvalue weighted by molar-refractivity contribution is -0.133. The summed E-state index contributed by atoms with van der Waals surface area (Å²) in [5.41, 5.74) is 0.206. The number of allylic oxidation sites excluding steroid dienone is 3. The van der Waals surface area contributed by atoms with Crippen LogP contribution in [-0.2, 0) is 0 Å². The van der Waals surface area contributed by atoms with Crippen molar-refractivity contribution in [3.63, 3.8) is 0 Å². The van der Waals surface area contributed by atoms with Gasteiger partial charge in [0, 0.05) is 36.6 Å². The van der Waals surface area contributed by atoms with Gasteiger partial charge in [-0.15, -0.1) is 0 Å². The number of carboxylic acids is 1. The number of aromatic carboxylic acids is 1. The number of nitrogens with zero attached hydrogens (tertiary/aromatic N) is 4. The van der Waals surface area contributed by atoms with E-state index in [2.05, 4.69) is 35.7 Å². The average Bonchev–Trinajstić information content (AvgIpc) is 2.77. The van der Waals surface area contributed by atoms with Crippen molar-refractivity contribution in [2.75, 3.05) is 18.4 Å². The van der Waals surface area contributed by atoms with E-state index in [4.69, 9.17) is 0 Å². The molecule has 3 aliphatic rings. The number of carboxylic acid groups (broad SMARTS) is 1. The molecular formula is C25H27F4N5O2. The summed E-state index contributed by atoms with van der Waals surface area (Å²) in [6.07, 6.45) is 2.36. The molecule has 4 rings (SSSR count). The van der Waals surface area contributed by atoms with Gasteiger partial charge >= 0.3 is 12.1 Å². The van der Waals surface area contributed by atoms with Gasteiger partial charge in [-0.2, -0.15) is 13.2 Å². The van der Waals surface area contributed by atoms with E-state index in [1.54, 1.807) is 19.2 Å². The number of hydrogen-bond acceptors (Lipinski definition) is 6. The smallest absolute Gasteiger partial charge is 0.412 e. The molecule has 0 amide bonds. The summed E-state index contributed by atoms with van der Waals surface area (Å²) in [7, 11) is 0. The van der Waals surface area contributed by atoms with Crippen LogP contribution in [0.2, 0.25) is 0 Å². The molecule has 1 fully saturated rings. The van der Waals surface area contributed by atoms with Crippen molar-refractivity contribution >= 4 is 17.6 Å². The molecule has 11 heteroatoms. The Bertz CT molecular complexity index is 1220. The van der Waals surface area contributed by atoms with Gasteiger partial charge in [-0.1, -0.05) is 20.4 Å². The molecule has 1 atom stereocenters. The number of fused-ring (bicyclic) bond motifs is 1. The Kier molecular flexibility index (Phi) is 6.44. The van der Waals surface area contributed by atoms with Gasteiger partial charge in [0.15, 0.2) is 6.04 Å². The number of aliphatic imine (C=N–C) groups is 1. The molecule has 0 bridgehead atoms. The number of nitrogens with one attached hydrogen (secondary N) is 1. The number of piperidine rings is 1. The third-order valence-corrected chi connectivity index (χ3v) is 6.47. The first-order valence-electron chi connectivity index (χ1n) is 11.4. The number of hydrogen-bond donors (Lipinski definition) is 2. The van der Waals surface area contributed by atoms with E-state index in [0.717, 1.165) is 12.8 Å². The maximum atomic E-state index is 14.4. The molecule has 36 heavy (non-hydrogen) atoms. The zero-order valence-corrected chi connectivity index (χ0v) is 20.2. The number of carbonyl (C=O) groups is 1. The lowest BCUT2D eigenvalue weighted by Gasteiger charge is -2.41. The van der Waals surface area contributed by atoms with Gasteiger partial charge in [0.25, 0.3) is 0 Å². The highest BCUT2D eigenvalue weighted by Crippen LogP contribution is 2.37. The first-order valence-corrected chi connectivity index (χ1v) is 11.4. The van der Waals surface area contributed by atoms with E-state index >= 15 is 0 Å². The second kappa shape index (κ2) is 9.11. The zero-order valence-electron chi connectivity index (χ0n) is 20.2. The fourth-order valence-corrected chi connectivity index (χ4v) is 4.35. The Morgan fingerprint density at radius 2 is 1.92 bits per heavy atom. The standard InChI is InChI=1S/C25H27F4N5O2/c1-14-9-17(20(25(27,28)29)32-21-18(23(35)36)11-16(26)12-30-21)22-31-19(10-15(2)34(22)13-14)33-7-5-24(3,4)6-8-33/h9-13,20H,2,5-8H2,1,3-4H3,(H,30,32)(H,35,36). The van der Waals surface area contributed by atoms with E-state index < -0.39 is 35.4 Å². The van der Waals surface area contributed by atoms with Crippen LogP contribution in [0, 0.1) is 11.2 Å². The molecule has 2 N–H and O–H groups in total. The molecule has 0 aromatic carbocycles. The van der Waals surface area contributed by atoms with Crippen molar-refractivity contribution < 1.29 is 27.5 Å². The minimum atomic E-state index is -4.86. The van der Waals surface area contributed by atoms with E-state index in [1.807, 2.05) is 4.90 Å². The number of likely N-dealkylation sites (tertiary alicyclic amines) is 1. The fourth-order valence-electron chi connectivity index (χ4n) is 4.35. The van der Waals surface area contributed by atoms with E-state index in [0.29, 0.717) is 42.4 Å². The Hall–Kier alpha value is -3.63. The summed E-state index contributed by atoms with van der Waals surface area (Å²) in [6.45, 7) is 11.4. The highest BCUT2D eigenvalue weighted by atomic mass is 19.4. The lowest BCUT2D eigenvalue weighted by atomic mass is 9.82. The molecule has 3 aliphatic heterocycles. The van der Waals surface area contributed by atoms with Gasteiger partial charge in [-0.25, -0.2) is 19.2 Å². The number of amidine groups is 1. The van der Waals surface area contributed by atoms with Gasteiger partial charge in [0.2, 0.25) is 0 Å². The van der Waals surface area contributed by atoms with Crippen LogP contribution in [0.15, 0.2) is 64.9 Å². The topological polar surface area (TPSA) is 81.1 Å². The Morgan fingerprint density at radius 1 is 1.25 bits per heavy atom. The van der Waals surface area contributed by atoms with Gasteiger partial charge < -0.3 is 20.2 Å². The average molecular weight is 506 g/mol. The molecule has 4 heterocycles. The molecule has 0 aliphatic carbocycles. The summed E-state index contributed by atoms with van der Waals surface area (Å²) in [5.74, 6) is -2.64. The molecule has 0 saturated carbocycles. The monoisotopic (exact) mass is 505 g/mol. The first kappa shape index (κ1) is 25.5. The number of aromatic nitrogens is 1. The molecule has 0 spiro atoms. The van der Waals surface area contributed by atoms with Crippen LogP contribution in [0.3, 0.4) is 0 Å². The Balaban J connectivity index is 1.75. The Morgan fingerprint density at radius 3 is 2.53 bits per heavy atom. The molecule has 7 nitrogen and oxygen atoms in total. The quantitative estimate of drug-likeness (QED) is 0.529. The minimum absolute atomic E-state index is 0.0294. The maximum absolute atomic E-state index is 14.4. The summed E-state index contributed by atoms with van der Waals surface area (Å²) in [6, 6.07) is -1.75. The van der Waals surface area contributed by atoms with Crippen molar-refractivity contribution in [2.24, 2.45) is 10.4 Å². The minimum Gasteiger partial charge on any atom is -0.478 e. The van der Waals surface area contributed by atoms with Crippen LogP contribution in [0.25, 0.3) is 0 Å². The van der Waals surface area contributed by atoms with Crippen molar-refractivity contribution in [3.8, 4) is 0 Å². The SMILES string of the molecule is C=C1C=C(N2CCC(C)(C)CC2)N=C2C(C(Nc3ncc(F)cc3C(=O)O)C(F)(F)F)=CC(C)=CN12. The predicted molar refractivity (Wildman–Crippen MR) is 128 cm³/mol. The third kappa shape index (κ3) is 5.14. The third-order valence-electron chi connectivity index (χ3n) is 6.47. The summed E-state index contributed by atoms with van der Waals surface area (Å²) < 4.78 is 56.9. The van der Waals surface area contributed by atoms with Gasteiger partial charge in [-0.3, -0.25) is 0 Å². The lowest BCUT2D eigenvalue weighted by Crippen LogP contribution is -2.46. The van der Waals surface area contributed by atoms with Crippen molar-refractivity contribution in [3.05, 3.63) is 71.2 Å². The van der Waals surface area contributed by atoms with Crippen LogP contribution in [0.4, 0.5) is 23.4 Å². The second-order valence-corrected chi connectivity index (χ2v) is 9.90. The molecule has 0 radical (unpaired) electrons. The summed E-state index contributed by atoms with van der Waals surface area (Å²) >= 11 is 0. The zero-order chi connectivity index (χ0) is 26.4. The molecule has 1 aromatic rings. The maximum Gasteiger partial charge on any atom is 0.412 e. The highest BCUT2D eigenvalue weighted by Gasteiger charge is 2.46. The van der Waals surface area contributed by atoms with Gasteiger partial charge in [-0.05, 0) is 42.9 Å². The second-order valence-electron chi connectivity index (χ2n) is 9.90. The number of anilines is 1. The van der Waals surface area contributed by atoms with Crippen LogP contribution in [-0.4, -0.2) is 57.0 Å². The number of pyridine rings is 1. The molecular weight excluding hydrogens is 478 g/mol. The van der Waals surface area contributed by atoms with Crippen molar-refractivity contribution in [2.45, 2.75) is 45.8 Å².